The second-order valence-electron chi connectivity index (χ2n) is 15.9. The third-order valence-corrected chi connectivity index (χ3v) is 16.2. The fourth-order valence-electron chi connectivity index (χ4n) is 6.73. The zero-order valence-electron chi connectivity index (χ0n) is 31.0. The Morgan fingerprint density at radius 1 is 0.792 bits per heavy atom. The van der Waals surface area contributed by atoms with Crippen molar-refractivity contribution >= 4 is 24.5 Å². The predicted octanol–water partition coefficient (Wildman–Crippen LogP) is 11.3. The molecule has 6 rings (SSSR count). The number of allylic oxidation sites excluding steroid dienone is 4. The average Bonchev–Trinajstić information content (AvgIpc) is 3.72. The van der Waals surface area contributed by atoms with E-state index in [-0.39, 0.29) is 0 Å². The minimum absolute atomic E-state index is 0.732. The van der Waals surface area contributed by atoms with Crippen LogP contribution in [0.1, 0.15) is 53.6 Å². The van der Waals surface area contributed by atoms with Crippen LogP contribution in [0.25, 0.3) is 11.1 Å². The Morgan fingerprint density at radius 2 is 1.40 bits per heavy atom. The molecule has 2 aliphatic rings. The van der Waals surface area contributed by atoms with Gasteiger partial charge in [-0.3, -0.25) is 6.08 Å². The molecule has 0 spiro atoms. The molecule has 0 heterocycles. The summed E-state index contributed by atoms with van der Waals surface area (Å²) in [5.41, 5.74) is 12.4. The first-order valence-electron chi connectivity index (χ1n) is 17.8. The van der Waals surface area contributed by atoms with E-state index < -0.39 is 16.1 Å². The second-order valence-corrected chi connectivity index (χ2v) is 28.3. The van der Waals surface area contributed by atoms with Crippen molar-refractivity contribution < 1.29 is 24.2 Å². The van der Waals surface area contributed by atoms with E-state index in [2.05, 4.69) is 163 Å². The summed E-state index contributed by atoms with van der Waals surface area (Å²) in [6.07, 6.45) is 14.5. The monoisotopic (exact) mass is 742 g/mol. The maximum atomic E-state index is 3.81. The summed E-state index contributed by atoms with van der Waals surface area (Å²) in [5, 5.41) is 1.61. The van der Waals surface area contributed by atoms with Crippen molar-refractivity contribution in [2.24, 2.45) is 5.92 Å². The number of fused-ring (bicyclic) bond motifs is 3. The zero-order chi connectivity index (χ0) is 34.9. The topological polar surface area (TPSA) is 0 Å². The summed E-state index contributed by atoms with van der Waals surface area (Å²) in [6, 6.07) is 34.9. The van der Waals surface area contributed by atoms with Gasteiger partial charge in [-0.15, -0.1) is 17.5 Å². The molecule has 0 bridgehead atoms. The predicted molar refractivity (Wildman–Crippen MR) is 214 cm³/mol. The van der Waals surface area contributed by atoms with Crippen LogP contribution in [-0.2, 0) is 49.9 Å². The van der Waals surface area contributed by atoms with E-state index in [1.165, 1.54) is 44.5 Å². The van der Waals surface area contributed by atoms with E-state index in [0.717, 1.165) is 43.6 Å². The van der Waals surface area contributed by atoms with Crippen molar-refractivity contribution in [3.63, 3.8) is 0 Å². The van der Waals surface area contributed by atoms with Gasteiger partial charge in [0, 0.05) is 8.07 Å². The minimum atomic E-state index is -1.31. The van der Waals surface area contributed by atoms with Crippen molar-refractivity contribution in [2.75, 3.05) is 0 Å². The van der Waals surface area contributed by atoms with Crippen LogP contribution in [0.2, 0.25) is 44.8 Å². The van der Waals surface area contributed by atoms with Crippen molar-refractivity contribution in [3.8, 4) is 11.1 Å². The number of rotatable bonds is 9. The molecule has 0 saturated carbocycles. The van der Waals surface area contributed by atoms with Gasteiger partial charge in [0.1, 0.15) is 0 Å². The van der Waals surface area contributed by atoms with Crippen LogP contribution in [0, 0.1) is 25.0 Å². The Bertz CT molecular complexity index is 1650. The van der Waals surface area contributed by atoms with Crippen molar-refractivity contribution in [2.45, 2.75) is 97.7 Å². The van der Waals surface area contributed by atoms with Gasteiger partial charge in [0.25, 0.3) is 0 Å². The molecular formula is C45H56Si2Zr. The molecule has 0 nitrogen and oxygen atoms in total. The number of aryl methyl sites for hydroxylation is 1. The van der Waals surface area contributed by atoms with Gasteiger partial charge in [0.2, 0.25) is 0 Å². The molecular weight excluding hydrogens is 688 g/mol. The summed E-state index contributed by atoms with van der Waals surface area (Å²) < 4.78 is 1.60. The van der Waals surface area contributed by atoms with Gasteiger partial charge in [-0.2, -0.15) is 29.8 Å². The Balaban J connectivity index is 0.000000207. The summed E-state index contributed by atoms with van der Waals surface area (Å²) in [4.78, 5) is 0. The zero-order valence-corrected chi connectivity index (χ0v) is 35.5. The molecule has 4 aromatic carbocycles. The molecule has 0 fully saturated rings. The van der Waals surface area contributed by atoms with E-state index in [9.17, 15) is 0 Å². The van der Waals surface area contributed by atoms with Crippen LogP contribution in [-0.4, -0.2) is 19.4 Å². The standard InChI is InChI=1S/C25H37Si2.C15H14.C5H5.Zr/c1-17(19(3)26(4,5)6)12-20-10-11-23-22(14-20)15-21-13-18(2)25(16-24(21)23)27(7,8)9;1-3-8-14(9-4-1)12-7-13-15-10-5-2-6-11-15;1-2-4-5-3-1;/h10-11,13,16-17,19H,12,15H2,1-9H3;1-6,8-11H,12-13H2;1-3H,4H2;/q-1;;-1;+2. The van der Waals surface area contributed by atoms with Gasteiger partial charge >= 0.3 is 112 Å². The normalized spacial score (nSPS) is 14.2. The average molecular weight is 744 g/mol. The van der Waals surface area contributed by atoms with E-state index in [4.69, 9.17) is 0 Å². The molecule has 2 aliphatic carbocycles. The van der Waals surface area contributed by atoms with Gasteiger partial charge in [-0.25, -0.2) is 12.2 Å². The molecule has 0 amide bonds. The summed E-state index contributed by atoms with van der Waals surface area (Å²) in [5.74, 6) is 0.732. The van der Waals surface area contributed by atoms with E-state index >= 15 is 0 Å². The maximum absolute atomic E-state index is 3.81. The molecule has 0 radical (unpaired) electrons. The van der Waals surface area contributed by atoms with Crippen LogP contribution in [0.4, 0.5) is 0 Å². The van der Waals surface area contributed by atoms with E-state index in [0.29, 0.717) is 0 Å². The molecule has 48 heavy (non-hydrogen) atoms. The Labute approximate surface area is 310 Å². The number of hydrogen-bond acceptors (Lipinski definition) is 0. The Kier molecular flexibility index (Phi) is 14.0. The van der Waals surface area contributed by atoms with Crippen LogP contribution in [0.15, 0.2) is 103 Å². The molecule has 4 aromatic rings. The quantitative estimate of drug-likeness (QED) is 0.104. The van der Waals surface area contributed by atoms with Crippen molar-refractivity contribution in [1.29, 1.82) is 0 Å². The first-order chi connectivity index (χ1) is 22.7. The molecule has 248 valence electrons. The SMILES string of the molecule is Cc1cc2c(cc1[Si](C)(C)C)-c1ccc(CC(C)C(C)[Si](C)(C)C)[c-]c1C2.[C-]1=CC=CC1.[Zr+2]=[C](Cc1ccccc1)Cc1ccccc1. The molecule has 0 saturated heterocycles. The molecule has 2 atom stereocenters. The van der Waals surface area contributed by atoms with Crippen molar-refractivity contribution in [3.05, 3.63) is 149 Å². The first-order valence-corrected chi connectivity index (χ1v) is 26.1. The fourth-order valence-corrected chi connectivity index (χ4v) is 11.4. The molecule has 0 aliphatic heterocycles. The van der Waals surface area contributed by atoms with Gasteiger partial charge in [0.15, 0.2) is 0 Å². The van der Waals surface area contributed by atoms with Crippen LogP contribution < -0.4 is 5.19 Å². The van der Waals surface area contributed by atoms with Crippen LogP contribution in [0.3, 0.4) is 0 Å². The number of benzene rings is 4. The molecule has 0 N–H and O–H groups in total. The molecule has 0 aromatic heterocycles. The van der Waals surface area contributed by atoms with E-state index in [1.807, 2.05) is 12.2 Å². The van der Waals surface area contributed by atoms with Crippen LogP contribution >= 0.6 is 0 Å². The summed E-state index contributed by atoms with van der Waals surface area (Å²) in [7, 11) is -2.40. The molecule has 2 unspecified atom stereocenters. The van der Waals surface area contributed by atoms with Gasteiger partial charge in [-0.1, -0.05) is 81.6 Å². The summed E-state index contributed by atoms with van der Waals surface area (Å²) >= 11 is 1.55. The first kappa shape index (κ1) is 38.4. The fraction of sp³-hybridized carbons (Fsp3) is 0.356. The third kappa shape index (κ3) is 11.3. The van der Waals surface area contributed by atoms with Gasteiger partial charge < -0.3 is 0 Å². The van der Waals surface area contributed by atoms with Crippen molar-refractivity contribution in [1.82, 2.24) is 0 Å². The van der Waals surface area contributed by atoms with Gasteiger partial charge in [-0.05, 0) is 36.8 Å². The second kappa shape index (κ2) is 17.5. The Hall–Kier alpha value is -2.45. The van der Waals surface area contributed by atoms with E-state index in [1.54, 1.807) is 32.6 Å². The van der Waals surface area contributed by atoms with Crippen LogP contribution in [0.5, 0.6) is 0 Å². The number of hydrogen-bond donors (Lipinski definition) is 0. The van der Waals surface area contributed by atoms with Gasteiger partial charge in [0.05, 0.1) is 8.07 Å². The third-order valence-electron chi connectivity index (χ3n) is 9.87. The Morgan fingerprint density at radius 3 is 1.88 bits per heavy atom. The molecule has 3 heteroatoms. The summed E-state index contributed by atoms with van der Waals surface area (Å²) in [6.45, 7) is 22.0.